The van der Waals surface area contributed by atoms with Gasteiger partial charge in [-0.25, -0.2) is 9.78 Å². The van der Waals surface area contributed by atoms with Crippen LogP contribution in [0.25, 0.3) is 11.1 Å². The van der Waals surface area contributed by atoms with Crippen molar-refractivity contribution in [2.75, 3.05) is 36.0 Å². The number of benzene rings is 1. The minimum absolute atomic E-state index is 0.0385. The first-order valence-electron chi connectivity index (χ1n) is 11.6. The zero-order chi connectivity index (χ0) is 23.7. The van der Waals surface area contributed by atoms with E-state index < -0.39 is 6.09 Å². The zero-order valence-electron chi connectivity index (χ0n) is 19.8. The summed E-state index contributed by atoms with van der Waals surface area (Å²) in [7, 11) is 0. The third-order valence-corrected chi connectivity index (χ3v) is 6.63. The average molecular weight is 452 g/mol. The average Bonchev–Trinajstić information content (AvgIpc) is 2.79. The first-order chi connectivity index (χ1) is 15.8. The highest BCUT2D eigenvalue weighted by Gasteiger charge is 2.38. The van der Waals surface area contributed by atoms with E-state index in [1.54, 1.807) is 11.8 Å². The monoisotopic (exact) mass is 451 g/mol. The van der Waals surface area contributed by atoms with Crippen molar-refractivity contribution in [2.24, 2.45) is 0 Å². The van der Waals surface area contributed by atoms with Gasteiger partial charge in [0.05, 0.1) is 6.04 Å². The molecule has 4 rings (SSSR count). The number of amides is 2. The van der Waals surface area contributed by atoms with Gasteiger partial charge < -0.3 is 20.2 Å². The molecule has 0 aliphatic carbocycles. The predicted molar refractivity (Wildman–Crippen MR) is 130 cm³/mol. The lowest BCUT2D eigenvalue weighted by atomic mass is 9.88. The Labute approximate surface area is 195 Å². The maximum Gasteiger partial charge on any atom is 0.408 e. The molecule has 2 atom stereocenters. The largest absolute Gasteiger partial charge is 0.465 e. The topological polar surface area (TPSA) is 89.0 Å². The maximum absolute atomic E-state index is 12.4. The molecule has 2 aliphatic heterocycles. The molecule has 8 nitrogen and oxygen atoms in total. The van der Waals surface area contributed by atoms with Crippen molar-refractivity contribution in [2.45, 2.75) is 52.2 Å². The lowest BCUT2D eigenvalue weighted by Crippen LogP contribution is -2.48. The van der Waals surface area contributed by atoms with Crippen LogP contribution in [0.15, 0.2) is 36.5 Å². The third kappa shape index (κ3) is 4.53. The molecule has 33 heavy (non-hydrogen) atoms. The van der Waals surface area contributed by atoms with Gasteiger partial charge in [0.1, 0.15) is 5.82 Å². The summed E-state index contributed by atoms with van der Waals surface area (Å²) in [5.74, 6) is 0.924. The van der Waals surface area contributed by atoms with E-state index in [1.807, 2.05) is 51.2 Å². The summed E-state index contributed by atoms with van der Waals surface area (Å²) < 4.78 is 0. The van der Waals surface area contributed by atoms with Gasteiger partial charge in [-0.1, -0.05) is 6.07 Å². The summed E-state index contributed by atoms with van der Waals surface area (Å²) in [5.41, 5.74) is 3.58. The highest BCUT2D eigenvalue weighted by atomic mass is 16.4. The fourth-order valence-corrected chi connectivity index (χ4v) is 5.11. The van der Waals surface area contributed by atoms with Crippen molar-refractivity contribution in [3.05, 3.63) is 42.1 Å². The van der Waals surface area contributed by atoms with Gasteiger partial charge in [0.2, 0.25) is 5.91 Å². The van der Waals surface area contributed by atoms with Crippen molar-refractivity contribution in [3.63, 3.8) is 0 Å². The fourth-order valence-electron chi connectivity index (χ4n) is 5.11. The summed E-state index contributed by atoms with van der Waals surface area (Å²) >= 11 is 0. The van der Waals surface area contributed by atoms with Gasteiger partial charge in [-0.2, -0.15) is 0 Å². The van der Waals surface area contributed by atoms with E-state index in [0.29, 0.717) is 6.42 Å². The number of anilines is 2. The van der Waals surface area contributed by atoms with Crippen molar-refractivity contribution in [1.29, 1.82) is 0 Å². The number of carbonyl (C=O) groups is 2. The first kappa shape index (κ1) is 23.0. The van der Waals surface area contributed by atoms with Crippen molar-refractivity contribution >= 4 is 23.5 Å². The Bertz CT molecular complexity index is 1020. The molecule has 1 saturated heterocycles. The van der Waals surface area contributed by atoms with E-state index in [4.69, 9.17) is 0 Å². The van der Waals surface area contributed by atoms with Crippen molar-refractivity contribution in [3.8, 4) is 11.1 Å². The Morgan fingerprint density at radius 3 is 2.42 bits per heavy atom. The fraction of sp³-hybridized carbons (Fsp3) is 0.480. The van der Waals surface area contributed by atoms with Gasteiger partial charge in [-0.05, 0) is 62.6 Å². The van der Waals surface area contributed by atoms with Crippen LogP contribution < -0.4 is 15.1 Å². The second kappa shape index (κ2) is 9.39. The van der Waals surface area contributed by atoms with E-state index in [-0.39, 0.29) is 24.0 Å². The Kier molecular flexibility index (Phi) is 6.56. The number of nitrogens with one attached hydrogen (secondary N) is 1. The van der Waals surface area contributed by atoms with Crippen LogP contribution in [-0.2, 0) is 4.79 Å². The van der Waals surface area contributed by atoms with Crippen LogP contribution in [0.5, 0.6) is 0 Å². The smallest absolute Gasteiger partial charge is 0.408 e. The highest BCUT2D eigenvalue weighted by Crippen LogP contribution is 2.43. The molecule has 2 amide bonds. The second-order valence-corrected chi connectivity index (χ2v) is 9.19. The van der Waals surface area contributed by atoms with E-state index in [1.165, 1.54) is 4.90 Å². The SMILES string of the molecule is CC(=O)N1c2ccc(-c3ccc(N4CCNCC4)nc3)cc2[C@H](N(C(=O)O)C(C)C)C[C@@H]1C. The lowest BCUT2D eigenvalue weighted by Gasteiger charge is -2.43. The molecule has 0 bridgehead atoms. The quantitative estimate of drug-likeness (QED) is 0.736. The molecule has 3 heterocycles. The minimum atomic E-state index is -0.947. The number of carboxylic acid groups (broad SMARTS) is 1. The predicted octanol–water partition coefficient (Wildman–Crippen LogP) is 3.73. The number of carbonyl (C=O) groups excluding carboxylic acids is 1. The standard InChI is InChI=1S/C25H33N5O3/c1-16(2)29(25(32)33)23-13-17(3)30(18(4)31)22-7-5-19(14-21(22)23)20-6-8-24(27-15-20)28-11-9-26-10-12-28/h5-8,14-17,23,26H,9-13H2,1-4H3,(H,32,33)/t17-,23+/m0/s1. The van der Waals surface area contributed by atoms with Crippen molar-refractivity contribution in [1.82, 2.24) is 15.2 Å². The van der Waals surface area contributed by atoms with Gasteiger partial charge in [-0.3, -0.25) is 9.69 Å². The van der Waals surface area contributed by atoms with Gasteiger partial charge in [0, 0.05) is 62.6 Å². The van der Waals surface area contributed by atoms with E-state index in [9.17, 15) is 14.7 Å². The number of hydrogen-bond donors (Lipinski definition) is 2. The van der Waals surface area contributed by atoms with Crippen LogP contribution in [-0.4, -0.2) is 65.3 Å². The summed E-state index contributed by atoms with van der Waals surface area (Å²) in [6.45, 7) is 11.1. The van der Waals surface area contributed by atoms with E-state index in [0.717, 1.165) is 54.4 Å². The number of hydrogen-bond acceptors (Lipinski definition) is 5. The molecule has 0 saturated carbocycles. The number of piperazine rings is 1. The number of rotatable bonds is 4. The molecular formula is C25H33N5O3. The molecular weight excluding hydrogens is 418 g/mol. The van der Waals surface area contributed by atoms with Crippen molar-refractivity contribution < 1.29 is 14.7 Å². The number of nitrogens with zero attached hydrogens (tertiary/aromatic N) is 4. The Morgan fingerprint density at radius 1 is 1.15 bits per heavy atom. The van der Waals surface area contributed by atoms with Crippen LogP contribution in [0, 0.1) is 0 Å². The molecule has 2 N–H and O–H groups in total. The molecule has 176 valence electrons. The summed E-state index contributed by atoms with van der Waals surface area (Å²) in [4.78, 5) is 34.8. The molecule has 8 heteroatoms. The minimum Gasteiger partial charge on any atom is -0.465 e. The van der Waals surface area contributed by atoms with Crippen LogP contribution in [0.3, 0.4) is 0 Å². The highest BCUT2D eigenvalue weighted by molar-refractivity contribution is 5.94. The van der Waals surface area contributed by atoms with Crippen LogP contribution in [0.1, 0.15) is 45.7 Å². The zero-order valence-corrected chi connectivity index (χ0v) is 19.8. The van der Waals surface area contributed by atoms with Crippen LogP contribution in [0.4, 0.5) is 16.3 Å². The molecule has 2 aliphatic rings. The van der Waals surface area contributed by atoms with Crippen LogP contribution >= 0.6 is 0 Å². The van der Waals surface area contributed by atoms with Gasteiger partial charge >= 0.3 is 6.09 Å². The first-order valence-corrected chi connectivity index (χ1v) is 11.6. The number of fused-ring (bicyclic) bond motifs is 1. The van der Waals surface area contributed by atoms with Gasteiger partial charge in [0.25, 0.3) is 0 Å². The van der Waals surface area contributed by atoms with E-state index in [2.05, 4.69) is 21.3 Å². The summed E-state index contributed by atoms with van der Waals surface area (Å²) in [6, 6.07) is 9.47. The van der Waals surface area contributed by atoms with Crippen LogP contribution in [0.2, 0.25) is 0 Å². The summed E-state index contributed by atoms with van der Waals surface area (Å²) in [6.07, 6.45) is 1.48. The van der Waals surface area contributed by atoms with Gasteiger partial charge in [-0.15, -0.1) is 0 Å². The molecule has 0 unspecified atom stereocenters. The molecule has 0 radical (unpaired) electrons. The number of aromatic nitrogens is 1. The summed E-state index contributed by atoms with van der Waals surface area (Å²) in [5, 5.41) is 13.3. The molecule has 1 aromatic carbocycles. The number of pyridine rings is 1. The molecule has 1 fully saturated rings. The molecule has 1 aromatic heterocycles. The lowest BCUT2D eigenvalue weighted by molar-refractivity contribution is -0.117. The van der Waals surface area contributed by atoms with E-state index >= 15 is 0 Å². The van der Waals surface area contributed by atoms with Gasteiger partial charge in [0.15, 0.2) is 0 Å². The molecule has 2 aromatic rings. The third-order valence-electron chi connectivity index (χ3n) is 6.63. The maximum atomic E-state index is 12.4. The molecule has 0 spiro atoms. The second-order valence-electron chi connectivity index (χ2n) is 9.19. The Balaban J connectivity index is 1.73. The normalized spacial score (nSPS) is 20.5. The Morgan fingerprint density at radius 2 is 1.85 bits per heavy atom. The Hall–Kier alpha value is -3.13.